The van der Waals surface area contributed by atoms with Gasteiger partial charge in [-0.3, -0.25) is 4.79 Å². The molecule has 4 rings (SSSR count). The smallest absolute Gasteiger partial charge is 0.214 e. The molecule has 2 aromatic carbocycles. The number of tetrazole rings is 1. The molecule has 27 heavy (non-hydrogen) atoms. The zero-order valence-corrected chi connectivity index (χ0v) is 15.4. The van der Waals surface area contributed by atoms with Gasteiger partial charge in [-0.25, -0.2) is 0 Å². The lowest BCUT2D eigenvalue weighted by Gasteiger charge is -2.04. The molecule has 0 amide bonds. The summed E-state index contributed by atoms with van der Waals surface area (Å²) in [6, 6.07) is 12.6. The van der Waals surface area contributed by atoms with E-state index in [-0.39, 0.29) is 17.3 Å². The van der Waals surface area contributed by atoms with Crippen molar-refractivity contribution in [3.05, 3.63) is 59.8 Å². The third kappa shape index (κ3) is 3.31. The number of nitrogens with zero attached hydrogens (tertiary/aromatic N) is 4. The van der Waals surface area contributed by atoms with Crippen LogP contribution in [0.4, 0.5) is 0 Å². The second kappa shape index (κ2) is 7.24. The van der Waals surface area contributed by atoms with E-state index in [1.54, 1.807) is 35.1 Å². The normalized spacial score (nSPS) is 11.1. The van der Waals surface area contributed by atoms with Crippen molar-refractivity contribution in [1.82, 2.24) is 25.2 Å². The number of phenolic OH excluding ortho intramolecular Hbond substituents is 1. The van der Waals surface area contributed by atoms with Gasteiger partial charge >= 0.3 is 0 Å². The number of Topliss-reactive ketones (excluding diaryl/α,β-unsaturated/α-hetero) is 1. The molecule has 0 aliphatic rings. The Kier molecular flexibility index (Phi) is 4.64. The van der Waals surface area contributed by atoms with E-state index in [0.29, 0.717) is 16.4 Å². The van der Waals surface area contributed by atoms with Gasteiger partial charge in [-0.15, -0.1) is 5.10 Å². The van der Waals surface area contributed by atoms with Gasteiger partial charge in [0.25, 0.3) is 0 Å². The van der Waals surface area contributed by atoms with Crippen LogP contribution in [0.15, 0.2) is 53.8 Å². The molecule has 8 heteroatoms. The van der Waals surface area contributed by atoms with E-state index in [1.807, 2.05) is 12.1 Å². The van der Waals surface area contributed by atoms with Crippen LogP contribution in [0.1, 0.15) is 22.8 Å². The number of carbonyl (C=O) groups is 1. The number of benzene rings is 2. The summed E-state index contributed by atoms with van der Waals surface area (Å²) in [5.74, 6) is 0.406. The summed E-state index contributed by atoms with van der Waals surface area (Å²) in [7, 11) is 0. The number of thioether (sulfide) groups is 1. The molecule has 7 nitrogen and oxygen atoms in total. The van der Waals surface area contributed by atoms with E-state index in [4.69, 9.17) is 0 Å². The van der Waals surface area contributed by atoms with E-state index >= 15 is 0 Å². The molecule has 0 fully saturated rings. The number of fused-ring (bicyclic) bond motifs is 1. The zero-order valence-electron chi connectivity index (χ0n) is 14.6. The molecule has 0 radical (unpaired) electrons. The van der Waals surface area contributed by atoms with Crippen molar-refractivity contribution in [2.45, 2.75) is 18.5 Å². The Balaban J connectivity index is 1.54. The van der Waals surface area contributed by atoms with Gasteiger partial charge in [0.1, 0.15) is 5.75 Å². The highest BCUT2D eigenvalue weighted by molar-refractivity contribution is 7.99. The highest BCUT2D eigenvalue weighted by Crippen LogP contribution is 2.25. The third-order valence-electron chi connectivity index (χ3n) is 4.35. The summed E-state index contributed by atoms with van der Waals surface area (Å²) < 4.78 is 1.54. The number of hydrogen-bond donors (Lipinski definition) is 2. The van der Waals surface area contributed by atoms with Crippen molar-refractivity contribution < 1.29 is 9.90 Å². The minimum Gasteiger partial charge on any atom is -0.508 e. The second-order valence-electron chi connectivity index (χ2n) is 6.00. The molecule has 4 aromatic rings. The summed E-state index contributed by atoms with van der Waals surface area (Å²) in [6.45, 7) is 2.09. The number of aryl methyl sites for hydroxylation is 1. The number of rotatable bonds is 6. The van der Waals surface area contributed by atoms with Gasteiger partial charge in [-0.05, 0) is 46.7 Å². The van der Waals surface area contributed by atoms with Gasteiger partial charge in [-0.2, -0.15) is 4.68 Å². The van der Waals surface area contributed by atoms with Gasteiger partial charge in [0.15, 0.2) is 5.78 Å². The number of nitrogens with one attached hydrogen (secondary N) is 1. The van der Waals surface area contributed by atoms with Gasteiger partial charge in [-0.1, -0.05) is 36.9 Å². The third-order valence-corrected chi connectivity index (χ3v) is 5.27. The molecule has 2 N–H and O–H groups in total. The monoisotopic (exact) mass is 379 g/mol. The molecule has 2 heterocycles. The van der Waals surface area contributed by atoms with Crippen molar-refractivity contribution in [1.29, 1.82) is 0 Å². The van der Waals surface area contributed by atoms with E-state index in [9.17, 15) is 9.90 Å². The molecule has 0 bridgehead atoms. The summed E-state index contributed by atoms with van der Waals surface area (Å²) in [5.41, 5.74) is 3.60. The first-order valence-electron chi connectivity index (χ1n) is 8.50. The Hall–Kier alpha value is -3.13. The van der Waals surface area contributed by atoms with E-state index in [2.05, 4.69) is 33.5 Å². The predicted molar refractivity (Wildman–Crippen MR) is 104 cm³/mol. The molecule has 2 aromatic heterocycles. The number of hydrogen-bond acceptors (Lipinski definition) is 6. The largest absolute Gasteiger partial charge is 0.508 e. The lowest BCUT2D eigenvalue weighted by atomic mass is 10.1. The predicted octanol–water partition coefficient (Wildman–Crippen LogP) is 3.39. The fraction of sp³-hybridized carbons (Fsp3) is 0.158. The van der Waals surface area contributed by atoms with Crippen LogP contribution >= 0.6 is 11.8 Å². The van der Waals surface area contributed by atoms with Crippen molar-refractivity contribution in [3.8, 4) is 11.4 Å². The van der Waals surface area contributed by atoms with Crippen LogP contribution in [-0.4, -0.2) is 41.8 Å². The highest BCUT2D eigenvalue weighted by Gasteiger charge is 2.16. The van der Waals surface area contributed by atoms with Crippen LogP contribution in [-0.2, 0) is 6.42 Å². The van der Waals surface area contributed by atoms with Crippen molar-refractivity contribution in [2.75, 3.05) is 5.75 Å². The average Bonchev–Trinajstić information content (AvgIpc) is 3.33. The van der Waals surface area contributed by atoms with Crippen LogP contribution in [0.3, 0.4) is 0 Å². The number of aromatic hydroxyl groups is 1. The molecule has 0 atom stereocenters. The van der Waals surface area contributed by atoms with Crippen LogP contribution in [0.2, 0.25) is 0 Å². The standard InChI is InChI=1S/C19H17N5O2S/c1-2-12-4-3-5-15-16(10-20-18(12)15)17(26)11-27-19-21-22-23-24(19)13-6-8-14(25)9-7-13/h3-10,20,25H,2,11H2,1H3. The number of H-pyrrole nitrogens is 1. The maximum absolute atomic E-state index is 12.8. The SMILES string of the molecule is CCc1cccc2c(C(=O)CSc3nnnn3-c3ccc(O)cc3)c[nH]c12. The fourth-order valence-electron chi connectivity index (χ4n) is 2.98. The Bertz CT molecular complexity index is 1100. The number of carbonyl (C=O) groups excluding carboxylic acids is 1. The zero-order chi connectivity index (χ0) is 18.8. The van der Waals surface area contributed by atoms with E-state index in [1.165, 1.54) is 17.3 Å². The van der Waals surface area contributed by atoms with Crippen LogP contribution in [0.5, 0.6) is 5.75 Å². The average molecular weight is 379 g/mol. The minimum absolute atomic E-state index is 0.0137. The molecular weight excluding hydrogens is 362 g/mol. The quantitative estimate of drug-likeness (QED) is 0.394. The summed E-state index contributed by atoms with van der Waals surface area (Å²) in [5, 5.41) is 22.5. The minimum atomic E-state index is 0.0137. The van der Waals surface area contributed by atoms with Crippen molar-refractivity contribution in [2.24, 2.45) is 0 Å². The van der Waals surface area contributed by atoms with Crippen LogP contribution in [0, 0.1) is 0 Å². The second-order valence-corrected chi connectivity index (χ2v) is 6.94. The first kappa shape index (κ1) is 17.3. The molecule has 0 unspecified atom stereocenters. The van der Waals surface area contributed by atoms with E-state index in [0.717, 1.165) is 17.3 Å². The molecule has 0 saturated heterocycles. The van der Waals surface area contributed by atoms with Crippen LogP contribution < -0.4 is 0 Å². The Morgan fingerprint density at radius 2 is 2.04 bits per heavy atom. The number of ketones is 1. The molecular formula is C19H17N5O2S. The maximum Gasteiger partial charge on any atom is 0.214 e. The number of para-hydroxylation sites is 1. The summed E-state index contributed by atoms with van der Waals surface area (Å²) in [6.07, 6.45) is 2.68. The number of aromatic nitrogens is 5. The maximum atomic E-state index is 12.8. The first-order chi connectivity index (χ1) is 13.2. The van der Waals surface area contributed by atoms with Gasteiger partial charge in [0, 0.05) is 22.7 Å². The molecule has 0 aliphatic heterocycles. The summed E-state index contributed by atoms with van der Waals surface area (Å²) >= 11 is 1.28. The lowest BCUT2D eigenvalue weighted by molar-refractivity contribution is 0.102. The Morgan fingerprint density at radius 3 is 2.81 bits per heavy atom. The molecule has 0 aliphatic carbocycles. The van der Waals surface area contributed by atoms with E-state index < -0.39 is 0 Å². The van der Waals surface area contributed by atoms with Crippen LogP contribution in [0.25, 0.3) is 16.6 Å². The van der Waals surface area contributed by atoms with Crippen molar-refractivity contribution in [3.63, 3.8) is 0 Å². The highest BCUT2D eigenvalue weighted by atomic mass is 32.2. The van der Waals surface area contributed by atoms with Crippen molar-refractivity contribution >= 4 is 28.4 Å². The van der Waals surface area contributed by atoms with Gasteiger partial charge in [0.05, 0.1) is 11.4 Å². The van der Waals surface area contributed by atoms with Gasteiger partial charge < -0.3 is 10.1 Å². The summed E-state index contributed by atoms with van der Waals surface area (Å²) in [4.78, 5) is 16.0. The number of aromatic amines is 1. The molecule has 136 valence electrons. The topological polar surface area (TPSA) is 96.7 Å². The Morgan fingerprint density at radius 1 is 1.22 bits per heavy atom. The lowest BCUT2D eigenvalue weighted by Crippen LogP contribution is -2.04. The molecule has 0 spiro atoms. The first-order valence-corrected chi connectivity index (χ1v) is 9.48. The molecule has 0 saturated carbocycles. The Labute approximate surface area is 159 Å². The number of phenols is 1. The van der Waals surface area contributed by atoms with Gasteiger partial charge in [0.2, 0.25) is 5.16 Å². The fourth-order valence-corrected chi connectivity index (χ4v) is 3.75.